The summed E-state index contributed by atoms with van der Waals surface area (Å²) in [5, 5.41) is 0. The molecule has 0 fully saturated rings. The fourth-order valence-electron chi connectivity index (χ4n) is 1.37. The molecule has 0 amide bonds. The van der Waals surface area contributed by atoms with Gasteiger partial charge in [0.05, 0.1) is 6.54 Å². The van der Waals surface area contributed by atoms with E-state index in [0.29, 0.717) is 5.96 Å². The highest BCUT2D eigenvalue weighted by Gasteiger charge is 2.14. The molecule has 68 valence electrons. The molecule has 0 aliphatic carbocycles. The number of benzene rings is 1. The molecule has 0 saturated carbocycles. The zero-order valence-electron chi connectivity index (χ0n) is 7.07. The van der Waals surface area contributed by atoms with Crippen molar-refractivity contribution in [1.82, 2.24) is 0 Å². The van der Waals surface area contributed by atoms with Crippen molar-refractivity contribution in [1.29, 1.82) is 0 Å². The molecule has 0 aromatic heterocycles. The lowest BCUT2D eigenvalue weighted by Crippen LogP contribution is -2.33. The van der Waals surface area contributed by atoms with Gasteiger partial charge in [0, 0.05) is 16.7 Å². The van der Waals surface area contributed by atoms with Crippen molar-refractivity contribution in [3.63, 3.8) is 0 Å². The number of nitrogens with zero attached hydrogens (tertiary/aromatic N) is 2. The predicted octanol–water partition coefficient (Wildman–Crippen LogP) is 1.58. The Morgan fingerprint density at radius 2 is 2.31 bits per heavy atom. The number of rotatable bonds is 1. The first-order chi connectivity index (χ1) is 6.27. The van der Waals surface area contributed by atoms with Gasteiger partial charge in [-0.1, -0.05) is 22.0 Å². The monoisotopic (exact) mass is 239 g/mol. The van der Waals surface area contributed by atoms with E-state index in [4.69, 9.17) is 5.73 Å². The van der Waals surface area contributed by atoms with Gasteiger partial charge in [0.15, 0.2) is 5.96 Å². The molecule has 0 bridgehead atoms. The van der Waals surface area contributed by atoms with Crippen LogP contribution in [-0.4, -0.2) is 19.0 Å². The van der Waals surface area contributed by atoms with Crippen LogP contribution >= 0.6 is 15.9 Å². The Bertz CT molecular complexity index is 348. The minimum Gasteiger partial charge on any atom is -0.370 e. The van der Waals surface area contributed by atoms with E-state index in [2.05, 4.69) is 20.9 Å². The van der Waals surface area contributed by atoms with Crippen LogP contribution in [0.1, 0.15) is 0 Å². The molecule has 2 rings (SSSR count). The van der Waals surface area contributed by atoms with Crippen LogP contribution in [-0.2, 0) is 0 Å². The third-order valence-electron chi connectivity index (χ3n) is 1.99. The molecule has 1 aromatic rings. The number of guanidine groups is 1. The number of anilines is 1. The molecule has 1 heterocycles. The fraction of sp³-hybridized carbons (Fsp3) is 0.222. The fourth-order valence-corrected chi connectivity index (χ4v) is 1.76. The highest BCUT2D eigenvalue weighted by Crippen LogP contribution is 2.20. The van der Waals surface area contributed by atoms with Gasteiger partial charge in [-0.3, -0.25) is 4.99 Å². The Balaban J connectivity index is 2.30. The zero-order valence-corrected chi connectivity index (χ0v) is 8.66. The summed E-state index contributed by atoms with van der Waals surface area (Å²) >= 11 is 3.42. The Kier molecular flexibility index (Phi) is 2.22. The number of hydrogen-bond acceptors (Lipinski definition) is 3. The van der Waals surface area contributed by atoms with Gasteiger partial charge in [-0.25, -0.2) is 0 Å². The lowest BCUT2D eigenvalue weighted by atomic mass is 10.3. The second-order valence-electron chi connectivity index (χ2n) is 2.87. The first kappa shape index (κ1) is 8.56. The molecular weight excluding hydrogens is 230 g/mol. The lowest BCUT2D eigenvalue weighted by Gasteiger charge is -2.17. The number of halogens is 1. The first-order valence-corrected chi connectivity index (χ1v) is 4.90. The maximum atomic E-state index is 5.72. The summed E-state index contributed by atoms with van der Waals surface area (Å²) in [6, 6.07) is 8.05. The van der Waals surface area contributed by atoms with Gasteiger partial charge in [0.2, 0.25) is 0 Å². The van der Waals surface area contributed by atoms with E-state index in [9.17, 15) is 0 Å². The predicted molar refractivity (Wildman–Crippen MR) is 58.0 cm³/mol. The number of aliphatic imine (C=N–C) groups is 1. The Hall–Kier alpha value is -1.03. The summed E-state index contributed by atoms with van der Waals surface area (Å²) in [5.74, 6) is 0.609. The van der Waals surface area contributed by atoms with E-state index in [1.807, 2.05) is 29.2 Å². The van der Waals surface area contributed by atoms with E-state index >= 15 is 0 Å². The quantitative estimate of drug-likeness (QED) is 0.809. The Morgan fingerprint density at radius 3 is 2.92 bits per heavy atom. The lowest BCUT2D eigenvalue weighted by molar-refractivity contribution is 1.02. The van der Waals surface area contributed by atoms with Crippen molar-refractivity contribution in [3.8, 4) is 0 Å². The first-order valence-electron chi connectivity index (χ1n) is 4.10. The van der Waals surface area contributed by atoms with Gasteiger partial charge in [0.25, 0.3) is 0 Å². The van der Waals surface area contributed by atoms with E-state index in [0.717, 1.165) is 23.2 Å². The molecule has 0 radical (unpaired) electrons. The van der Waals surface area contributed by atoms with Gasteiger partial charge < -0.3 is 10.6 Å². The molecule has 0 unspecified atom stereocenters. The summed E-state index contributed by atoms with van der Waals surface area (Å²) in [5.41, 5.74) is 6.81. The molecule has 1 aliphatic rings. The standard InChI is InChI=1S/C9H10BrN3/c10-7-2-1-3-8(6-7)13-5-4-12-9(13)11/h1-3,6H,4-5H2,(H2,11,12). The summed E-state index contributed by atoms with van der Waals surface area (Å²) in [4.78, 5) is 6.13. The summed E-state index contributed by atoms with van der Waals surface area (Å²) < 4.78 is 1.06. The molecule has 4 heteroatoms. The second kappa shape index (κ2) is 3.38. The van der Waals surface area contributed by atoms with Crippen molar-refractivity contribution in [3.05, 3.63) is 28.7 Å². The summed E-state index contributed by atoms with van der Waals surface area (Å²) in [6.45, 7) is 1.67. The van der Waals surface area contributed by atoms with Crippen LogP contribution in [0.4, 0.5) is 5.69 Å². The number of hydrogen-bond donors (Lipinski definition) is 1. The second-order valence-corrected chi connectivity index (χ2v) is 3.79. The summed E-state index contributed by atoms with van der Waals surface area (Å²) in [6.07, 6.45) is 0. The van der Waals surface area contributed by atoms with Crippen LogP contribution in [0, 0.1) is 0 Å². The van der Waals surface area contributed by atoms with E-state index < -0.39 is 0 Å². The van der Waals surface area contributed by atoms with Crippen LogP contribution in [0.25, 0.3) is 0 Å². The minimum atomic E-state index is 0.609. The van der Waals surface area contributed by atoms with Crippen LogP contribution in [0.15, 0.2) is 33.7 Å². The third-order valence-corrected chi connectivity index (χ3v) is 2.49. The average Bonchev–Trinajstić information content (AvgIpc) is 2.51. The molecule has 1 aliphatic heterocycles. The van der Waals surface area contributed by atoms with Gasteiger partial charge in [-0.15, -0.1) is 0 Å². The molecular formula is C9H10BrN3. The minimum absolute atomic E-state index is 0.609. The van der Waals surface area contributed by atoms with Gasteiger partial charge in [-0.2, -0.15) is 0 Å². The van der Waals surface area contributed by atoms with Gasteiger partial charge in [0.1, 0.15) is 0 Å². The van der Waals surface area contributed by atoms with Gasteiger partial charge in [-0.05, 0) is 18.2 Å². The van der Waals surface area contributed by atoms with Crippen molar-refractivity contribution in [2.75, 3.05) is 18.0 Å². The average molecular weight is 240 g/mol. The molecule has 3 nitrogen and oxygen atoms in total. The van der Waals surface area contributed by atoms with Crippen molar-refractivity contribution in [2.45, 2.75) is 0 Å². The normalized spacial score (nSPS) is 16.1. The topological polar surface area (TPSA) is 41.6 Å². The van der Waals surface area contributed by atoms with Crippen molar-refractivity contribution >= 4 is 27.6 Å². The van der Waals surface area contributed by atoms with Crippen molar-refractivity contribution in [2.24, 2.45) is 10.7 Å². The molecule has 0 spiro atoms. The molecule has 0 atom stereocenters. The summed E-state index contributed by atoms with van der Waals surface area (Å²) in [7, 11) is 0. The largest absolute Gasteiger partial charge is 0.370 e. The Morgan fingerprint density at radius 1 is 1.46 bits per heavy atom. The van der Waals surface area contributed by atoms with Gasteiger partial charge >= 0.3 is 0 Å². The maximum Gasteiger partial charge on any atom is 0.195 e. The van der Waals surface area contributed by atoms with Crippen LogP contribution in [0.2, 0.25) is 0 Å². The zero-order chi connectivity index (χ0) is 9.26. The van der Waals surface area contributed by atoms with Crippen LogP contribution in [0.5, 0.6) is 0 Å². The smallest absolute Gasteiger partial charge is 0.195 e. The highest BCUT2D eigenvalue weighted by molar-refractivity contribution is 9.10. The Labute approximate surface area is 85.4 Å². The number of nitrogens with two attached hydrogens (primary N) is 1. The van der Waals surface area contributed by atoms with Crippen LogP contribution in [0.3, 0.4) is 0 Å². The SMILES string of the molecule is NC1=NCCN1c1cccc(Br)c1. The van der Waals surface area contributed by atoms with Crippen molar-refractivity contribution < 1.29 is 0 Å². The van der Waals surface area contributed by atoms with Crippen LogP contribution < -0.4 is 10.6 Å². The van der Waals surface area contributed by atoms with E-state index in [1.165, 1.54) is 0 Å². The van der Waals surface area contributed by atoms with E-state index in [1.54, 1.807) is 0 Å². The molecule has 13 heavy (non-hydrogen) atoms. The molecule has 0 saturated heterocycles. The molecule has 2 N–H and O–H groups in total. The third kappa shape index (κ3) is 1.67. The maximum absolute atomic E-state index is 5.72. The molecule has 1 aromatic carbocycles. The van der Waals surface area contributed by atoms with E-state index in [-0.39, 0.29) is 0 Å². The highest BCUT2D eigenvalue weighted by atomic mass is 79.9.